The van der Waals surface area contributed by atoms with Crippen molar-refractivity contribution >= 4 is 5.91 Å². The van der Waals surface area contributed by atoms with E-state index in [1.165, 1.54) is 5.56 Å². The molecule has 0 radical (unpaired) electrons. The summed E-state index contributed by atoms with van der Waals surface area (Å²) in [7, 11) is 1.55. The van der Waals surface area contributed by atoms with E-state index < -0.39 is 0 Å². The van der Waals surface area contributed by atoms with Gasteiger partial charge in [0.15, 0.2) is 23.9 Å². The van der Waals surface area contributed by atoms with E-state index in [0.29, 0.717) is 23.0 Å². The highest BCUT2D eigenvalue weighted by Crippen LogP contribution is 2.25. The molecule has 0 saturated carbocycles. The van der Waals surface area contributed by atoms with Crippen molar-refractivity contribution in [3.63, 3.8) is 0 Å². The number of nitrogens with zero attached hydrogens (tertiary/aromatic N) is 1. The van der Waals surface area contributed by atoms with Gasteiger partial charge in [0.05, 0.1) is 13.7 Å². The van der Waals surface area contributed by atoms with Crippen LogP contribution >= 0.6 is 0 Å². The van der Waals surface area contributed by atoms with Crippen LogP contribution in [-0.2, 0) is 11.3 Å². The van der Waals surface area contributed by atoms with Crippen LogP contribution in [0.15, 0.2) is 59.1 Å². The summed E-state index contributed by atoms with van der Waals surface area (Å²) < 4.78 is 16.0. The van der Waals surface area contributed by atoms with Gasteiger partial charge in [-0.2, -0.15) is 0 Å². The molecule has 1 heterocycles. The highest BCUT2D eigenvalue weighted by atomic mass is 16.5. The van der Waals surface area contributed by atoms with Gasteiger partial charge in [-0.15, -0.1) is 0 Å². The van der Waals surface area contributed by atoms with Gasteiger partial charge >= 0.3 is 0 Å². The first kappa shape index (κ1) is 17.5. The first-order valence-corrected chi connectivity index (χ1v) is 8.21. The molecule has 2 aromatic carbocycles. The van der Waals surface area contributed by atoms with Gasteiger partial charge in [-0.05, 0) is 19.1 Å². The van der Waals surface area contributed by atoms with Crippen molar-refractivity contribution in [3.8, 4) is 22.8 Å². The van der Waals surface area contributed by atoms with Gasteiger partial charge in [0, 0.05) is 11.6 Å². The molecule has 0 aliphatic rings. The third-order valence-corrected chi connectivity index (χ3v) is 3.79. The predicted octanol–water partition coefficient (Wildman–Crippen LogP) is 3.35. The molecule has 3 aromatic rings. The number of hydrogen-bond donors (Lipinski definition) is 1. The number of carbonyl (C=O) groups is 1. The lowest BCUT2D eigenvalue weighted by Gasteiger charge is -2.09. The van der Waals surface area contributed by atoms with Gasteiger partial charge in [0.2, 0.25) is 0 Å². The van der Waals surface area contributed by atoms with E-state index in [2.05, 4.69) is 10.5 Å². The Morgan fingerprint density at radius 1 is 1.12 bits per heavy atom. The number of benzene rings is 2. The summed E-state index contributed by atoms with van der Waals surface area (Å²) in [5.41, 5.74) is 2.77. The number of para-hydroxylation sites is 2. The summed E-state index contributed by atoms with van der Waals surface area (Å²) in [6, 6.07) is 16.9. The summed E-state index contributed by atoms with van der Waals surface area (Å²) in [5, 5.41) is 6.74. The zero-order chi connectivity index (χ0) is 18.4. The van der Waals surface area contributed by atoms with Gasteiger partial charge in [0.1, 0.15) is 5.69 Å². The van der Waals surface area contributed by atoms with Crippen molar-refractivity contribution < 1.29 is 18.8 Å². The smallest absolute Gasteiger partial charge is 0.258 e. The lowest BCUT2D eigenvalue weighted by molar-refractivity contribution is -0.123. The van der Waals surface area contributed by atoms with Crippen LogP contribution in [0.5, 0.6) is 11.5 Å². The van der Waals surface area contributed by atoms with Crippen LogP contribution in [0.2, 0.25) is 0 Å². The van der Waals surface area contributed by atoms with Gasteiger partial charge in [-0.3, -0.25) is 4.79 Å². The maximum Gasteiger partial charge on any atom is 0.258 e. The van der Waals surface area contributed by atoms with Gasteiger partial charge in [0.25, 0.3) is 5.91 Å². The number of aryl methyl sites for hydroxylation is 1. The Hall–Kier alpha value is -3.28. The van der Waals surface area contributed by atoms with Crippen LogP contribution in [0.1, 0.15) is 11.3 Å². The highest BCUT2D eigenvalue weighted by molar-refractivity contribution is 5.77. The molecular formula is C20H20N2O4. The minimum Gasteiger partial charge on any atom is -0.493 e. The molecule has 6 nitrogen and oxygen atoms in total. The first-order chi connectivity index (χ1) is 12.7. The summed E-state index contributed by atoms with van der Waals surface area (Å²) in [6.45, 7) is 2.19. The number of rotatable bonds is 7. The van der Waals surface area contributed by atoms with Gasteiger partial charge in [-0.25, -0.2) is 0 Å². The number of aromatic nitrogens is 1. The van der Waals surface area contributed by atoms with Crippen LogP contribution in [0.4, 0.5) is 0 Å². The van der Waals surface area contributed by atoms with E-state index in [0.717, 1.165) is 5.56 Å². The minimum atomic E-state index is -0.254. The number of amides is 1. The Balaban J connectivity index is 1.51. The van der Waals surface area contributed by atoms with Gasteiger partial charge in [-0.1, -0.05) is 47.1 Å². The number of ether oxygens (including phenoxy) is 2. The third-order valence-electron chi connectivity index (χ3n) is 3.79. The molecule has 1 N–H and O–H groups in total. The normalized spacial score (nSPS) is 10.4. The fraction of sp³-hybridized carbons (Fsp3) is 0.200. The summed E-state index contributed by atoms with van der Waals surface area (Å²) >= 11 is 0. The second-order valence-electron chi connectivity index (χ2n) is 5.76. The predicted molar refractivity (Wildman–Crippen MR) is 97.0 cm³/mol. The molecule has 0 aliphatic carbocycles. The van der Waals surface area contributed by atoms with E-state index >= 15 is 0 Å². The third kappa shape index (κ3) is 4.42. The molecule has 1 aromatic heterocycles. The molecule has 0 aliphatic heterocycles. The fourth-order valence-electron chi connectivity index (χ4n) is 2.37. The van der Waals surface area contributed by atoms with Crippen molar-refractivity contribution in [1.29, 1.82) is 0 Å². The molecule has 134 valence electrons. The second-order valence-corrected chi connectivity index (χ2v) is 5.76. The molecule has 0 unspecified atom stereocenters. The summed E-state index contributed by atoms with van der Waals surface area (Å²) in [4.78, 5) is 12.0. The molecule has 0 atom stereocenters. The van der Waals surface area contributed by atoms with E-state index in [-0.39, 0.29) is 19.1 Å². The van der Waals surface area contributed by atoms with Crippen molar-refractivity contribution in [1.82, 2.24) is 10.5 Å². The molecule has 0 saturated heterocycles. The van der Waals surface area contributed by atoms with Crippen molar-refractivity contribution in [2.24, 2.45) is 0 Å². The van der Waals surface area contributed by atoms with Crippen LogP contribution in [0, 0.1) is 6.92 Å². The molecule has 1 amide bonds. The SMILES string of the molecule is COc1ccccc1OCC(=O)NCc1cc(-c2ccc(C)cc2)on1. The van der Waals surface area contributed by atoms with Crippen LogP contribution < -0.4 is 14.8 Å². The van der Waals surface area contributed by atoms with Gasteiger partial charge < -0.3 is 19.3 Å². The lowest BCUT2D eigenvalue weighted by atomic mass is 10.1. The first-order valence-electron chi connectivity index (χ1n) is 8.21. The van der Waals surface area contributed by atoms with E-state index in [1.807, 2.05) is 49.4 Å². The largest absolute Gasteiger partial charge is 0.493 e. The molecule has 0 fully saturated rings. The molecular weight excluding hydrogens is 332 g/mol. The standard InChI is InChI=1S/C20H20N2O4/c1-14-7-9-15(10-8-14)19-11-16(22-26-19)12-21-20(23)13-25-18-6-4-3-5-17(18)24-2/h3-11H,12-13H2,1-2H3,(H,21,23). The van der Waals surface area contributed by atoms with E-state index in [4.69, 9.17) is 14.0 Å². The van der Waals surface area contributed by atoms with Crippen molar-refractivity contribution in [2.75, 3.05) is 13.7 Å². The molecule has 0 spiro atoms. The van der Waals surface area contributed by atoms with Crippen LogP contribution in [0.25, 0.3) is 11.3 Å². The number of hydrogen-bond acceptors (Lipinski definition) is 5. The molecule has 26 heavy (non-hydrogen) atoms. The maximum atomic E-state index is 12.0. The van der Waals surface area contributed by atoms with E-state index in [9.17, 15) is 4.79 Å². The number of carbonyl (C=O) groups excluding carboxylic acids is 1. The average molecular weight is 352 g/mol. The number of nitrogens with one attached hydrogen (secondary N) is 1. The Kier molecular flexibility index (Phi) is 5.53. The molecule has 3 rings (SSSR count). The summed E-state index contributed by atoms with van der Waals surface area (Å²) in [6.07, 6.45) is 0. The monoisotopic (exact) mass is 352 g/mol. The average Bonchev–Trinajstić information content (AvgIpc) is 3.14. The van der Waals surface area contributed by atoms with Crippen LogP contribution in [0.3, 0.4) is 0 Å². The summed E-state index contributed by atoms with van der Waals surface area (Å²) in [5.74, 6) is 1.52. The van der Waals surface area contributed by atoms with Crippen LogP contribution in [-0.4, -0.2) is 24.8 Å². The minimum absolute atomic E-state index is 0.108. The lowest BCUT2D eigenvalue weighted by Crippen LogP contribution is -2.28. The zero-order valence-corrected chi connectivity index (χ0v) is 14.7. The quantitative estimate of drug-likeness (QED) is 0.706. The van der Waals surface area contributed by atoms with E-state index in [1.54, 1.807) is 19.2 Å². The number of methoxy groups -OCH3 is 1. The Morgan fingerprint density at radius 2 is 1.85 bits per heavy atom. The maximum absolute atomic E-state index is 12.0. The molecule has 6 heteroatoms. The van der Waals surface area contributed by atoms with Crippen molar-refractivity contribution in [2.45, 2.75) is 13.5 Å². The fourth-order valence-corrected chi connectivity index (χ4v) is 2.37. The Bertz CT molecular complexity index is 872. The van der Waals surface area contributed by atoms with Crippen molar-refractivity contribution in [3.05, 3.63) is 65.9 Å². The highest BCUT2D eigenvalue weighted by Gasteiger charge is 2.10. The Morgan fingerprint density at radius 3 is 2.58 bits per heavy atom. The molecule has 0 bridgehead atoms. The second kappa shape index (κ2) is 8.20. The topological polar surface area (TPSA) is 73.6 Å². The zero-order valence-electron chi connectivity index (χ0n) is 14.7. The Labute approximate surface area is 151 Å².